The summed E-state index contributed by atoms with van der Waals surface area (Å²) in [4.78, 5) is 33.1. The van der Waals surface area contributed by atoms with Gasteiger partial charge in [0, 0.05) is 49.9 Å². The lowest BCUT2D eigenvalue weighted by Crippen LogP contribution is -2.57. The third-order valence-corrected chi connectivity index (χ3v) is 7.27. The number of carbonyl (C=O) groups is 2. The number of piperazine rings is 1. The summed E-state index contributed by atoms with van der Waals surface area (Å²) >= 11 is 0. The molecule has 0 saturated carbocycles. The Kier molecular flexibility index (Phi) is 6.71. The van der Waals surface area contributed by atoms with Crippen molar-refractivity contribution in [3.05, 3.63) is 29.8 Å². The van der Waals surface area contributed by atoms with Gasteiger partial charge in [-0.15, -0.1) is 0 Å². The van der Waals surface area contributed by atoms with Gasteiger partial charge in [0.25, 0.3) is 5.91 Å². The molecule has 1 aromatic carbocycles. The van der Waals surface area contributed by atoms with Crippen LogP contribution in [-0.2, 0) is 9.53 Å². The van der Waals surface area contributed by atoms with Gasteiger partial charge in [-0.05, 0) is 36.7 Å². The summed E-state index contributed by atoms with van der Waals surface area (Å²) < 4.78 is 5.73. The highest BCUT2D eigenvalue weighted by Crippen LogP contribution is 2.35. The maximum Gasteiger partial charge on any atom is 0.251 e. The van der Waals surface area contributed by atoms with Crippen molar-refractivity contribution >= 4 is 17.5 Å². The zero-order valence-electron chi connectivity index (χ0n) is 20.5. The molecule has 3 aliphatic rings. The van der Waals surface area contributed by atoms with Gasteiger partial charge in [-0.1, -0.05) is 27.7 Å². The molecule has 4 rings (SSSR count). The average Bonchev–Trinajstić information content (AvgIpc) is 3.32. The maximum absolute atomic E-state index is 13.6. The first-order valence-corrected chi connectivity index (χ1v) is 12.0. The van der Waals surface area contributed by atoms with E-state index in [1.807, 2.05) is 52.0 Å². The Labute approximate surface area is 196 Å². The van der Waals surface area contributed by atoms with Gasteiger partial charge in [-0.3, -0.25) is 9.59 Å². The maximum atomic E-state index is 13.6. The SMILES string of the molecule is C[C@@H]1CN(C(=O)C(NC(=O)c2ccc(N3CCN(C)CC3)cc2)C(C)(C)C)[C@H]2[C@@H]1OC[C@@H]2O. The minimum Gasteiger partial charge on any atom is -0.388 e. The first-order valence-electron chi connectivity index (χ1n) is 12.0. The Bertz CT molecular complexity index is 860. The number of benzene rings is 1. The van der Waals surface area contributed by atoms with Gasteiger partial charge in [-0.25, -0.2) is 0 Å². The molecular formula is C25H38N4O4. The van der Waals surface area contributed by atoms with E-state index in [0.29, 0.717) is 12.1 Å². The quantitative estimate of drug-likeness (QED) is 0.705. The van der Waals surface area contributed by atoms with E-state index in [1.165, 1.54) is 0 Å². The highest BCUT2D eigenvalue weighted by Gasteiger charge is 2.52. The minimum atomic E-state index is -0.707. The predicted octanol–water partition coefficient (Wildman–Crippen LogP) is 1.19. The molecule has 0 bridgehead atoms. The largest absolute Gasteiger partial charge is 0.388 e. The summed E-state index contributed by atoms with van der Waals surface area (Å²) in [7, 11) is 2.13. The van der Waals surface area contributed by atoms with E-state index in [2.05, 4.69) is 22.2 Å². The lowest BCUT2D eigenvalue weighted by molar-refractivity contribution is -0.138. The normalized spacial score (nSPS) is 29.2. The lowest BCUT2D eigenvalue weighted by Gasteiger charge is -2.36. The monoisotopic (exact) mass is 458 g/mol. The highest BCUT2D eigenvalue weighted by atomic mass is 16.5. The van der Waals surface area contributed by atoms with E-state index in [0.717, 1.165) is 31.9 Å². The second kappa shape index (κ2) is 9.24. The van der Waals surface area contributed by atoms with E-state index >= 15 is 0 Å². The third kappa shape index (κ3) is 4.88. The zero-order valence-corrected chi connectivity index (χ0v) is 20.5. The van der Waals surface area contributed by atoms with Crippen LogP contribution in [0, 0.1) is 11.3 Å². The van der Waals surface area contributed by atoms with E-state index in [4.69, 9.17) is 4.74 Å². The van der Waals surface area contributed by atoms with Gasteiger partial charge in [0.05, 0.1) is 18.8 Å². The Morgan fingerprint density at radius 2 is 1.76 bits per heavy atom. The summed E-state index contributed by atoms with van der Waals surface area (Å²) in [5.41, 5.74) is 1.15. The van der Waals surface area contributed by atoms with Gasteiger partial charge >= 0.3 is 0 Å². The fourth-order valence-electron chi connectivity index (χ4n) is 5.20. The van der Waals surface area contributed by atoms with Crippen LogP contribution < -0.4 is 10.2 Å². The molecule has 1 unspecified atom stereocenters. The fourth-order valence-corrected chi connectivity index (χ4v) is 5.20. The van der Waals surface area contributed by atoms with Crippen molar-refractivity contribution in [1.29, 1.82) is 0 Å². The van der Waals surface area contributed by atoms with Crippen LogP contribution in [0.3, 0.4) is 0 Å². The number of rotatable bonds is 4. The summed E-state index contributed by atoms with van der Waals surface area (Å²) in [5, 5.41) is 13.4. The van der Waals surface area contributed by atoms with Gasteiger partial charge in [0.1, 0.15) is 12.1 Å². The number of hydrogen-bond acceptors (Lipinski definition) is 6. The third-order valence-electron chi connectivity index (χ3n) is 7.27. The van der Waals surface area contributed by atoms with E-state index in [1.54, 1.807) is 4.90 Å². The Hall–Kier alpha value is -2.16. The van der Waals surface area contributed by atoms with Gasteiger partial charge in [0.2, 0.25) is 5.91 Å². The van der Waals surface area contributed by atoms with Crippen LogP contribution in [-0.4, -0.2) is 97.4 Å². The Morgan fingerprint density at radius 3 is 2.36 bits per heavy atom. The topological polar surface area (TPSA) is 85.4 Å². The average molecular weight is 459 g/mol. The van der Waals surface area contributed by atoms with Crippen LogP contribution >= 0.6 is 0 Å². The molecule has 0 radical (unpaired) electrons. The van der Waals surface area contributed by atoms with Crippen molar-refractivity contribution in [2.75, 3.05) is 51.3 Å². The van der Waals surface area contributed by atoms with Crippen LogP contribution in [0.4, 0.5) is 5.69 Å². The standard InChI is InChI=1S/C25H38N4O4/c1-16-14-29(20-19(30)15-33-21(16)20)24(32)22(25(2,3)4)26-23(31)17-6-8-18(9-7-17)28-12-10-27(5)11-13-28/h6-9,16,19-22,30H,10-15H2,1-5H3,(H,26,31)/t16-,19+,20-,21-,22?/m1/s1. The van der Waals surface area contributed by atoms with E-state index in [9.17, 15) is 14.7 Å². The zero-order chi connectivity index (χ0) is 23.9. The number of carbonyl (C=O) groups excluding carboxylic acids is 2. The molecule has 5 atom stereocenters. The van der Waals surface area contributed by atoms with Gasteiger partial charge in [0.15, 0.2) is 0 Å². The van der Waals surface area contributed by atoms with Gasteiger partial charge in [-0.2, -0.15) is 0 Å². The molecule has 0 spiro atoms. The number of ether oxygens (including phenoxy) is 1. The molecule has 3 saturated heterocycles. The number of fused-ring (bicyclic) bond motifs is 1. The number of aliphatic hydroxyl groups is 1. The molecule has 2 amide bonds. The number of likely N-dealkylation sites (N-methyl/N-ethyl adjacent to an activating group) is 1. The number of amides is 2. The van der Waals surface area contributed by atoms with Crippen molar-refractivity contribution in [2.45, 2.75) is 52.0 Å². The van der Waals surface area contributed by atoms with Crippen LogP contribution in [0.15, 0.2) is 24.3 Å². The second-order valence-electron chi connectivity index (χ2n) is 10.9. The molecule has 0 aromatic heterocycles. The first-order chi connectivity index (χ1) is 15.6. The molecule has 182 valence electrons. The molecule has 2 N–H and O–H groups in total. The van der Waals surface area contributed by atoms with Crippen molar-refractivity contribution in [1.82, 2.24) is 15.1 Å². The molecule has 8 heteroatoms. The van der Waals surface area contributed by atoms with E-state index < -0.39 is 17.6 Å². The predicted molar refractivity (Wildman–Crippen MR) is 127 cm³/mol. The van der Waals surface area contributed by atoms with Crippen LogP contribution in [0.5, 0.6) is 0 Å². The second-order valence-corrected chi connectivity index (χ2v) is 10.9. The van der Waals surface area contributed by atoms with Crippen LogP contribution in [0.2, 0.25) is 0 Å². The molecule has 33 heavy (non-hydrogen) atoms. The molecule has 3 heterocycles. The molecule has 0 aliphatic carbocycles. The van der Waals surface area contributed by atoms with Crippen molar-refractivity contribution < 1.29 is 19.4 Å². The van der Waals surface area contributed by atoms with Gasteiger partial charge < -0.3 is 29.9 Å². The highest BCUT2D eigenvalue weighted by molar-refractivity contribution is 5.98. The fraction of sp³-hybridized carbons (Fsp3) is 0.680. The molecule has 1 aromatic rings. The number of nitrogens with zero attached hydrogens (tertiary/aromatic N) is 3. The summed E-state index contributed by atoms with van der Waals surface area (Å²) in [6.07, 6.45) is -0.843. The van der Waals surface area contributed by atoms with Crippen LogP contribution in [0.25, 0.3) is 0 Å². The number of nitrogens with one attached hydrogen (secondary N) is 1. The first kappa shape index (κ1) is 24.0. The number of likely N-dealkylation sites (tertiary alicyclic amines) is 1. The Balaban J connectivity index is 1.46. The number of aliphatic hydroxyl groups excluding tert-OH is 1. The van der Waals surface area contributed by atoms with Crippen LogP contribution in [0.1, 0.15) is 38.1 Å². The summed E-state index contributed by atoms with van der Waals surface area (Å²) in [5.74, 6) is -0.274. The molecule has 3 fully saturated rings. The smallest absolute Gasteiger partial charge is 0.251 e. The number of anilines is 1. The minimum absolute atomic E-state index is 0.148. The number of hydrogen-bond donors (Lipinski definition) is 2. The molecule has 8 nitrogen and oxygen atoms in total. The van der Waals surface area contributed by atoms with E-state index in [-0.39, 0.29) is 36.5 Å². The van der Waals surface area contributed by atoms with Crippen molar-refractivity contribution in [2.24, 2.45) is 11.3 Å². The van der Waals surface area contributed by atoms with Crippen molar-refractivity contribution in [3.63, 3.8) is 0 Å². The molecule has 3 aliphatic heterocycles. The summed E-state index contributed by atoms with van der Waals surface area (Å²) in [6, 6.07) is 6.56. The lowest BCUT2D eigenvalue weighted by atomic mass is 9.85. The Morgan fingerprint density at radius 1 is 1.12 bits per heavy atom. The molecular weight excluding hydrogens is 420 g/mol. The van der Waals surface area contributed by atoms with Crippen molar-refractivity contribution in [3.8, 4) is 0 Å². The summed E-state index contributed by atoms with van der Waals surface area (Å²) in [6.45, 7) is 12.6.